The van der Waals surface area contributed by atoms with Crippen molar-refractivity contribution in [2.75, 3.05) is 39.4 Å². The van der Waals surface area contributed by atoms with E-state index in [1.165, 1.54) is 0 Å². The maximum atomic E-state index is 12.6. The normalized spacial score (nSPS) is 46.1. The summed E-state index contributed by atoms with van der Waals surface area (Å²) in [5.41, 5.74) is -0.0947. The number of hydrogen-bond donors (Lipinski definition) is 4. The summed E-state index contributed by atoms with van der Waals surface area (Å²) in [5, 5.41) is 36.6. The molecule has 5 fully saturated rings. The van der Waals surface area contributed by atoms with Gasteiger partial charge in [0, 0.05) is 26.1 Å². The van der Waals surface area contributed by atoms with Gasteiger partial charge in [0.15, 0.2) is 0 Å². The lowest BCUT2D eigenvalue weighted by molar-refractivity contribution is -0.207. The number of ether oxygens (including phenoxy) is 1. The second-order valence-electron chi connectivity index (χ2n) is 14.2. The second-order valence-corrected chi connectivity index (χ2v) is 14.2. The van der Waals surface area contributed by atoms with Gasteiger partial charge in [-0.3, -0.25) is 9.69 Å². The van der Waals surface area contributed by atoms with E-state index < -0.39 is 0 Å². The predicted molar refractivity (Wildman–Crippen MR) is 147 cm³/mol. The Balaban J connectivity index is 1.16. The molecule has 218 valence electrons. The fourth-order valence-corrected chi connectivity index (χ4v) is 10.1. The van der Waals surface area contributed by atoms with Gasteiger partial charge >= 0.3 is 0 Å². The van der Waals surface area contributed by atoms with Crippen LogP contribution < -0.4 is 5.32 Å². The summed E-state index contributed by atoms with van der Waals surface area (Å²) in [7, 11) is 0. The fourth-order valence-electron chi connectivity index (χ4n) is 10.1. The molecule has 4 aliphatic carbocycles. The number of fused-ring (bicyclic) bond motifs is 5. The number of nitrogens with one attached hydrogen (secondary N) is 1. The van der Waals surface area contributed by atoms with Crippen LogP contribution in [0.3, 0.4) is 0 Å². The average Bonchev–Trinajstić information content (AvgIpc) is 3.26. The van der Waals surface area contributed by atoms with Gasteiger partial charge in [-0.2, -0.15) is 0 Å². The summed E-state index contributed by atoms with van der Waals surface area (Å²) < 4.78 is 5.40. The van der Waals surface area contributed by atoms with Crippen LogP contribution in [0.2, 0.25) is 0 Å². The highest BCUT2D eigenvalue weighted by molar-refractivity contribution is 5.75. The average molecular weight is 535 g/mol. The van der Waals surface area contributed by atoms with Crippen molar-refractivity contribution in [1.82, 2.24) is 10.2 Å². The van der Waals surface area contributed by atoms with Gasteiger partial charge in [-0.25, -0.2) is 0 Å². The number of amides is 1. The van der Waals surface area contributed by atoms with E-state index in [1.807, 2.05) is 0 Å². The lowest BCUT2D eigenvalue weighted by Crippen LogP contribution is -2.62. The summed E-state index contributed by atoms with van der Waals surface area (Å²) in [6, 6.07) is 0. The number of aliphatic hydroxyl groups is 3. The number of carbonyl (C=O) groups excluding carboxylic acids is 1. The van der Waals surface area contributed by atoms with Crippen LogP contribution in [0.5, 0.6) is 0 Å². The van der Waals surface area contributed by atoms with Crippen molar-refractivity contribution in [3.8, 4) is 0 Å². The van der Waals surface area contributed by atoms with Gasteiger partial charge in [-0.15, -0.1) is 0 Å². The largest absolute Gasteiger partial charge is 0.393 e. The van der Waals surface area contributed by atoms with Crippen molar-refractivity contribution < 1.29 is 24.9 Å². The highest BCUT2D eigenvalue weighted by atomic mass is 16.5. The van der Waals surface area contributed by atoms with Gasteiger partial charge in [-0.1, -0.05) is 20.8 Å². The van der Waals surface area contributed by atoms with Crippen LogP contribution in [0.1, 0.15) is 85.0 Å². The molecule has 5 rings (SSSR count). The van der Waals surface area contributed by atoms with Gasteiger partial charge < -0.3 is 25.4 Å². The minimum Gasteiger partial charge on any atom is -0.393 e. The molecule has 38 heavy (non-hydrogen) atoms. The third-order valence-electron chi connectivity index (χ3n) is 12.4. The molecule has 7 nitrogen and oxygen atoms in total. The van der Waals surface area contributed by atoms with E-state index in [2.05, 4.69) is 31.0 Å². The van der Waals surface area contributed by atoms with Crippen molar-refractivity contribution in [3.63, 3.8) is 0 Å². The molecule has 0 radical (unpaired) electrons. The summed E-state index contributed by atoms with van der Waals surface area (Å²) in [6.45, 7) is 12.3. The van der Waals surface area contributed by atoms with E-state index in [9.17, 15) is 20.1 Å². The lowest BCUT2D eigenvalue weighted by atomic mass is 9.43. The smallest absolute Gasteiger partial charge is 0.220 e. The first-order valence-electron chi connectivity index (χ1n) is 15.8. The summed E-state index contributed by atoms with van der Waals surface area (Å²) in [4.78, 5) is 15.0. The highest BCUT2D eigenvalue weighted by Crippen LogP contribution is 2.68. The molecule has 4 saturated carbocycles. The fraction of sp³-hybridized carbons (Fsp3) is 0.968. The van der Waals surface area contributed by atoms with Crippen molar-refractivity contribution >= 4 is 5.91 Å². The molecule has 1 heterocycles. The Morgan fingerprint density at radius 1 is 1.05 bits per heavy atom. The zero-order valence-electron chi connectivity index (χ0n) is 24.1. The topological polar surface area (TPSA) is 102 Å². The van der Waals surface area contributed by atoms with E-state index in [0.29, 0.717) is 36.0 Å². The van der Waals surface area contributed by atoms with Crippen LogP contribution >= 0.6 is 0 Å². The standard InChI is InChI=1S/C31H54N2O5/c1-20(5-8-28(37)32-11-4-12-33-13-15-38-16-14-33)23-6-7-24-29-25(19-27(36)31(23,24)3)30(2)10-9-22(34)17-21(30)18-26(29)35/h20-27,29,34-36H,4-19H2,1-3H3,(H,32,37). The van der Waals surface area contributed by atoms with Crippen LogP contribution in [-0.4, -0.2) is 83.8 Å². The van der Waals surface area contributed by atoms with Gasteiger partial charge in [-0.05, 0) is 111 Å². The molecule has 0 bridgehead atoms. The zero-order valence-corrected chi connectivity index (χ0v) is 24.1. The van der Waals surface area contributed by atoms with Gasteiger partial charge in [0.1, 0.15) is 0 Å². The van der Waals surface area contributed by atoms with E-state index in [-0.39, 0.29) is 41.0 Å². The second kappa shape index (κ2) is 11.6. The molecular weight excluding hydrogens is 480 g/mol. The molecule has 11 atom stereocenters. The molecule has 1 amide bonds. The summed E-state index contributed by atoms with van der Waals surface area (Å²) in [6.07, 6.45) is 7.78. The molecule has 0 aromatic carbocycles. The van der Waals surface area contributed by atoms with Crippen molar-refractivity contribution in [2.24, 2.45) is 46.3 Å². The van der Waals surface area contributed by atoms with Crippen LogP contribution in [0, 0.1) is 46.3 Å². The number of rotatable bonds is 8. The Morgan fingerprint density at radius 3 is 2.58 bits per heavy atom. The van der Waals surface area contributed by atoms with Crippen LogP contribution in [0.25, 0.3) is 0 Å². The van der Waals surface area contributed by atoms with Gasteiger partial charge in [0.25, 0.3) is 0 Å². The van der Waals surface area contributed by atoms with Crippen molar-refractivity contribution in [3.05, 3.63) is 0 Å². The van der Waals surface area contributed by atoms with Crippen molar-refractivity contribution in [1.29, 1.82) is 0 Å². The number of morpholine rings is 1. The molecule has 5 aliphatic rings. The SMILES string of the molecule is CC(CCC(=O)NCCCN1CCOCC1)C1CCC2C3C(O)CC4CC(O)CCC4(C)C3CC(O)C12C. The molecule has 11 unspecified atom stereocenters. The van der Waals surface area contributed by atoms with E-state index >= 15 is 0 Å². The summed E-state index contributed by atoms with van der Waals surface area (Å²) >= 11 is 0. The quantitative estimate of drug-likeness (QED) is 0.357. The summed E-state index contributed by atoms with van der Waals surface area (Å²) in [5.74, 6) is 2.14. The molecule has 1 aliphatic heterocycles. The molecule has 0 aromatic rings. The Kier molecular flexibility index (Phi) is 8.81. The number of aliphatic hydroxyl groups excluding tert-OH is 3. The van der Waals surface area contributed by atoms with E-state index in [0.717, 1.165) is 97.2 Å². The van der Waals surface area contributed by atoms with Crippen molar-refractivity contribution in [2.45, 2.75) is 103 Å². The maximum absolute atomic E-state index is 12.6. The first-order valence-corrected chi connectivity index (χ1v) is 15.8. The number of nitrogens with zero attached hydrogens (tertiary/aromatic N) is 1. The Morgan fingerprint density at radius 2 is 1.82 bits per heavy atom. The molecule has 0 spiro atoms. The first-order chi connectivity index (χ1) is 18.1. The zero-order chi connectivity index (χ0) is 27.1. The first kappa shape index (κ1) is 28.8. The van der Waals surface area contributed by atoms with Crippen LogP contribution in [-0.2, 0) is 9.53 Å². The Hall–Kier alpha value is -0.730. The molecular formula is C31H54N2O5. The molecule has 7 heteroatoms. The maximum Gasteiger partial charge on any atom is 0.220 e. The third-order valence-corrected chi connectivity index (χ3v) is 12.4. The molecule has 0 aromatic heterocycles. The van der Waals surface area contributed by atoms with Gasteiger partial charge in [0.05, 0.1) is 31.5 Å². The number of hydrogen-bond acceptors (Lipinski definition) is 6. The lowest BCUT2D eigenvalue weighted by Gasteiger charge is -2.63. The Labute approximate surface area is 230 Å². The van der Waals surface area contributed by atoms with Gasteiger partial charge in [0.2, 0.25) is 5.91 Å². The van der Waals surface area contributed by atoms with E-state index in [1.54, 1.807) is 0 Å². The van der Waals surface area contributed by atoms with Crippen LogP contribution in [0.15, 0.2) is 0 Å². The highest BCUT2D eigenvalue weighted by Gasteiger charge is 2.65. The molecule has 4 N–H and O–H groups in total. The van der Waals surface area contributed by atoms with Crippen LogP contribution in [0.4, 0.5) is 0 Å². The van der Waals surface area contributed by atoms with E-state index in [4.69, 9.17) is 4.74 Å². The third kappa shape index (κ3) is 5.32. The minimum absolute atomic E-state index is 0.106. The Bertz CT molecular complexity index is 820. The monoisotopic (exact) mass is 534 g/mol. The number of carbonyl (C=O) groups is 1. The minimum atomic E-state index is -0.368. The predicted octanol–water partition coefficient (Wildman–Crippen LogP) is 3.20. The molecule has 1 saturated heterocycles.